The summed E-state index contributed by atoms with van der Waals surface area (Å²) in [7, 11) is 0. The number of rotatable bonds is 9. The van der Waals surface area contributed by atoms with Crippen molar-refractivity contribution in [2.75, 3.05) is 6.54 Å². The maximum absolute atomic E-state index is 3.81. The van der Waals surface area contributed by atoms with Crippen LogP contribution in [0.1, 0.15) is 63.9 Å². The predicted molar refractivity (Wildman–Crippen MR) is 88.0 cm³/mol. The maximum atomic E-state index is 3.81. The normalized spacial score (nSPS) is 17.4. The van der Waals surface area contributed by atoms with E-state index in [1.54, 1.807) is 0 Å². The van der Waals surface area contributed by atoms with Gasteiger partial charge in [-0.2, -0.15) is 0 Å². The van der Waals surface area contributed by atoms with Gasteiger partial charge in [-0.25, -0.2) is 0 Å². The van der Waals surface area contributed by atoms with Crippen molar-refractivity contribution >= 4 is 0 Å². The summed E-state index contributed by atoms with van der Waals surface area (Å²) in [6.07, 6.45) is 12.4. The Kier molecular flexibility index (Phi) is 7.14. The van der Waals surface area contributed by atoms with Crippen molar-refractivity contribution in [3.8, 4) is 0 Å². The van der Waals surface area contributed by atoms with Crippen molar-refractivity contribution < 1.29 is 0 Å². The first-order valence-electron chi connectivity index (χ1n) is 8.67. The van der Waals surface area contributed by atoms with E-state index in [-0.39, 0.29) is 0 Å². The van der Waals surface area contributed by atoms with Crippen LogP contribution < -0.4 is 5.32 Å². The Labute approximate surface area is 125 Å². The highest BCUT2D eigenvalue weighted by Gasteiger charge is 2.23. The largest absolute Gasteiger partial charge is 0.314 e. The van der Waals surface area contributed by atoms with E-state index in [0.717, 1.165) is 12.0 Å². The molecule has 1 unspecified atom stereocenters. The van der Waals surface area contributed by atoms with E-state index in [0.29, 0.717) is 0 Å². The highest BCUT2D eigenvalue weighted by Crippen LogP contribution is 2.29. The molecule has 1 aliphatic rings. The molecule has 1 atom stereocenters. The van der Waals surface area contributed by atoms with Crippen molar-refractivity contribution in [3.05, 3.63) is 35.9 Å². The summed E-state index contributed by atoms with van der Waals surface area (Å²) in [5.41, 5.74) is 1.49. The van der Waals surface area contributed by atoms with E-state index in [2.05, 4.69) is 42.6 Å². The highest BCUT2D eigenvalue weighted by atomic mass is 14.9. The number of unbranched alkanes of at least 4 members (excludes halogenated alkanes) is 1. The zero-order valence-corrected chi connectivity index (χ0v) is 13.1. The molecule has 1 fully saturated rings. The molecule has 0 radical (unpaired) electrons. The van der Waals surface area contributed by atoms with E-state index in [9.17, 15) is 0 Å². The minimum atomic E-state index is 0.785. The third kappa shape index (κ3) is 5.28. The van der Waals surface area contributed by atoms with E-state index in [4.69, 9.17) is 0 Å². The monoisotopic (exact) mass is 273 g/mol. The maximum Gasteiger partial charge on any atom is 0.00953 e. The fourth-order valence-electron chi connectivity index (χ4n) is 3.53. The molecule has 1 nitrogen and oxygen atoms in total. The fourth-order valence-corrected chi connectivity index (χ4v) is 3.53. The van der Waals surface area contributed by atoms with Crippen LogP contribution in [0, 0.1) is 5.92 Å². The van der Waals surface area contributed by atoms with Crippen molar-refractivity contribution in [1.82, 2.24) is 5.32 Å². The molecule has 0 amide bonds. The van der Waals surface area contributed by atoms with E-state index < -0.39 is 0 Å². The van der Waals surface area contributed by atoms with Gasteiger partial charge >= 0.3 is 0 Å². The molecule has 2 rings (SSSR count). The lowest BCUT2D eigenvalue weighted by atomic mass is 9.92. The third-order valence-corrected chi connectivity index (χ3v) is 4.70. The molecule has 0 saturated heterocycles. The van der Waals surface area contributed by atoms with E-state index in [1.165, 1.54) is 69.9 Å². The van der Waals surface area contributed by atoms with Gasteiger partial charge in [0.25, 0.3) is 0 Å². The standard InChI is InChI=1S/C19H31N/c1-2-16-20-19(18-13-7-8-14-18)15-9-6-12-17-10-4-3-5-11-17/h3-5,10-11,18-20H,2,6-9,12-16H2,1H3. The first-order valence-corrected chi connectivity index (χ1v) is 8.67. The molecule has 1 heteroatoms. The molecule has 1 saturated carbocycles. The second-order valence-electron chi connectivity index (χ2n) is 6.34. The summed E-state index contributed by atoms with van der Waals surface area (Å²) < 4.78 is 0. The summed E-state index contributed by atoms with van der Waals surface area (Å²) in [6, 6.07) is 11.7. The third-order valence-electron chi connectivity index (χ3n) is 4.70. The summed E-state index contributed by atoms with van der Waals surface area (Å²) in [5.74, 6) is 0.957. The molecule has 0 aliphatic heterocycles. The van der Waals surface area contributed by atoms with Crippen LogP contribution in [0.2, 0.25) is 0 Å². The van der Waals surface area contributed by atoms with Gasteiger partial charge in [0.05, 0.1) is 0 Å². The molecule has 0 heterocycles. The second kappa shape index (κ2) is 9.18. The quantitative estimate of drug-likeness (QED) is 0.627. The Bertz CT molecular complexity index is 340. The molecule has 1 aliphatic carbocycles. The Morgan fingerprint density at radius 3 is 2.55 bits per heavy atom. The van der Waals surface area contributed by atoms with Crippen LogP contribution >= 0.6 is 0 Å². The van der Waals surface area contributed by atoms with Crippen LogP contribution in [0.25, 0.3) is 0 Å². The van der Waals surface area contributed by atoms with Gasteiger partial charge in [-0.15, -0.1) is 0 Å². The van der Waals surface area contributed by atoms with Gasteiger partial charge in [0.15, 0.2) is 0 Å². The van der Waals surface area contributed by atoms with Crippen molar-refractivity contribution in [3.63, 3.8) is 0 Å². The summed E-state index contributed by atoms with van der Waals surface area (Å²) in [5, 5.41) is 3.81. The smallest absolute Gasteiger partial charge is 0.00953 e. The number of aryl methyl sites for hydroxylation is 1. The number of hydrogen-bond donors (Lipinski definition) is 1. The highest BCUT2D eigenvalue weighted by molar-refractivity contribution is 5.14. The van der Waals surface area contributed by atoms with Gasteiger partial charge in [0.2, 0.25) is 0 Å². The van der Waals surface area contributed by atoms with Gasteiger partial charge < -0.3 is 5.32 Å². The minimum absolute atomic E-state index is 0.785. The van der Waals surface area contributed by atoms with Crippen LogP contribution in [0.5, 0.6) is 0 Å². The molecule has 1 N–H and O–H groups in total. The average molecular weight is 273 g/mol. The second-order valence-corrected chi connectivity index (χ2v) is 6.34. The van der Waals surface area contributed by atoms with E-state index >= 15 is 0 Å². The molecular formula is C19H31N. The number of hydrogen-bond acceptors (Lipinski definition) is 1. The first kappa shape index (κ1) is 15.6. The Morgan fingerprint density at radius 2 is 1.85 bits per heavy atom. The molecule has 0 spiro atoms. The Hall–Kier alpha value is -0.820. The lowest BCUT2D eigenvalue weighted by Crippen LogP contribution is -2.35. The zero-order valence-electron chi connectivity index (χ0n) is 13.1. The Balaban J connectivity index is 1.68. The van der Waals surface area contributed by atoms with Crippen molar-refractivity contribution in [2.24, 2.45) is 5.92 Å². The van der Waals surface area contributed by atoms with Gasteiger partial charge in [-0.3, -0.25) is 0 Å². The summed E-state index contributed by atoms with van der Waals surface area (Å²) >= 11 is 0. The summed E-state index contributed by atoms with van der Waals surface area (Å²) in [4.78, 5) is 0. The fraction of sp³-hybridized carbons (Fsp3) is 0.684. The minimum Gasteiger partial charge on any atom is -0.314 e. The Morgan fingerprint density at radius 1 is 1.10 bits per heavy atom. The molecule has 1 aromatic rings. The number of benzene rings is 1. The molecular weight excluding hydrogens is 242 g/mol. The lowest BCUT2D eigenvalue weighted by Gasteiger charge is -2.24. The van der Waals surface area contributed by atoms with Gasteiger partial charge in [-0.05, 0) is 56.6 Å². The predicted octanol–water partition coefficient (Wildman–Crippen LogP) is 4.96. The van der Waals surface area contributed by atoms with Crippen LogP contribution in [-0.2, 0) is 6.42 Å². The molecule has 0 aromatic heterocycles. The molecule has 1 aromatic carbocycles. The van der Waals surface area contributed by atoms with E-state index in [1.807, 2.05) is 0 Å². The SMILES string of the molecule is CCCNC(CCCCc1ccccc1)C1CCCC1. The number of nitrogens with one attached hydrogen (secondary N) is 1. The van der Waals surface area contributed by atoms with Crippen LogP contribution in [0.3, 0.4) is 0 Å². The van der Waals surface area contributed by atoms with Gasteiger partial charge in [0.1, 0.15) is 0 Å². The molecule has 0 bridgehead atoms. The lowest BCUT2D eigenvalue weighted by molar-refractivity contribution is 0.332. The van der Waals surface area contributed by atoms with Gasteiger partial charge in [0, 0.05) is 6.04 Å². The topological polar surface area (TPSA) is 12.0 Å². The van der Waals surface area contributed by atoms with Crippen molar-refractivity contribution in [1.29, 1.82) is 0 Å². The first-order chi connectivity index (χ1) is 9.90. The molecule has 20 heavy (non-hydrogen) atoms. The zero-order chi connectivity index (χ0) is 14.0. The average Bonchev–Trinajstić information content (AvgIpc) is 3.02. The molecule has 112 valence electrons. The van der Waals surface area contributed by atoms with Gasteiger partial charge in [-0.1, -0.05) is 56.5 Å². The summed E-state index contributed by atoms with van der Waals surface area (Å²) in [6.45, 7) is 3.47. The van der Waals surface area contributed by atoms with Crippen LogP contribution in [0.15, 0.2) is 30.3 Å². The van der Waals surface area contributed by atoms with Crippen LogP contribution in [-0.4, -0.2) is 12.6 Å². The van der Waals surface area contributed by atoms with Crippen molar-refractivity contribution in [2.45, 2.75) is 70.8 Å². The van der Waals surface area contributed by atoms with Crippen LogP contribution in [0.4, 0.5) is 0 Å².